The summed E-state index contributed by atoms with van der Waals surface area (Å²) in [4.78, 5) is 16.6. The van der Waals surface area contributed by atoms with Crippen LogP contribution in [-0.2, 0) is 0 Å². The number of carbonyl (C=O) groups is 1. The average molecular weight is 393 g/mol. The van der Waals surface area contributed by atoms with E-state index in [2.05, 4.69) is 31.5 Å². The average Bonchev–Trinajstić information content (AvgIpc) is 2.64. The lowest BCUT2D eigenvalue weighted by atomic mass is 10.2. The zero-order valence-electron chi connectivity index (χ0n) is 13.0. The molecule has 0 saturated carbocycles. The van der Waals surface area contributed by atoms with Crippen molar-refractivity contribution < 1.29 is 4.79 Å². The molecule has 0 unspecified atom stereocenters. The highest BCUT2D eigenvalue weighted by molar-refractivity contribution is 9.10. The van der Waals surface area contributed by atoms with Crippen molar-refractivity contribution in [2.24, 2.45) is 0 Å². The quantitative estimate of drug-likeness (QED) is 0.673. The molecule has 0 spiro atoms. The van der Waals surface area contributed by atoms with Crippen LogP contribution in [0.4, 0.5) is 17.2 Å². The number of halogens is 1. The maximum Gasteiger partial charge on any atom is 0.257 e. The first-order valence-corrected chi connectivity index (χ1v) is 8.25. The zero-order chi connectivity index (χ0) is 17.6. The van der Waals surface area contributed by atoms with Gasteiger partial charge in [-0.3, -0.25) is 4.79 Å². The van der Waals surface area contributed by atoms with Crippen LogP contribution in [0.2, 0.25) is 0 Å². The van der Waals surface area contributed by atoms with E-state index >= 15 is 0 Å². The summed E-state index contributed by atoms with van der Waals surface area (Å²) in [5, 5.41) is 15.0. The van der Waals surface area contributed by atoms with Crippen molar-refractivity contribution >= 4 is 39.0 Å². The number of anilines is 3. The van der Waals surface area contributed by atoms with Crippen molar-refractivity contribution in [3.63, 3.8) is 0 Å². The van der Waals surface area contributed by atoms with Gasteiger partial charge in [-0.25, -0.2) is 4.98 Å². The molecule has 0 aliphatic heterocycles. The van der Waals surface area contributed by atoms with E-state index < -0.39 is 0 Å². The fourth-order valence-electron chi connectivity index (χ4n) is 2.19. The summed E-state index contributed by atoms with van der Waals surface area (Å²) in [6.45, 7) is 0. The molecule has 3 aromatic rings. The minimum atomic E-state index is -0.317. The van der Waals surface area contributed by atoms with Crippen LogP contribution in [0.15, 0.2) is 71.3 Å². The molecule has 25 heavy (non-hydrogen) atoms. The number of nitriles is 1. The Labute approximate surface area is 153 Å². The standard InChI is InChI=1S/C19H13BrN4O/c20-15-6-2-4-8-17(15)23-18-10-9-14(12-22-18)19(25)24-16-7-3-1-5-13(16)11-21/h1-10,12H,(H,22,23)(H,24,25). The summed E-state index contributed by atoms with van der Waals surface area (Å²) in [7, 11) is 0. The van der Waals surface area contributed by atoms with Crippen LogP contribution >= 0.6 is 15.9 Å². The molecule has 0 saturated heterocycles. The lowest BCUT2D eigenvalue weighted by Crippen LogP contribution is -2.13. The number of benzene rings is 2. The molecule has 6 heteroatoms. The third-order valence-electron chi connectivity index (χ3n) is 3.46. The van der Waals surface area contributed by atoms with Crippen molar-refractivity contribution in [2.45, 2.75) is 0 Å². The second-order valence-corrected chi connectivity index (χ2v) is 6.00. The van der Waals surface area contributed by atoms with Gasteiger partial charge in [0.25, 0.3) is 5.91 Å². The maximum atomic E-state index is 12.3. The number of hydrogen-bond donors (Lipinski definition) is 2. The molecular weight excluding hydrogens is 380 g/mol. The fraction of sp³-hybridized carbons (Fsp3) is 0. The number of nitrogens with zero attached hydrogens (tertiary/aromatic N) is 2. The van der Waals surface area contributed by atoms with Crippen molar-refractivity contribution in [1.82, 2.24) is 4.98 Å². The molecule has 2 N–H and O–H groups in total. The molecule has 1 heterocycles. The second-order valence-electron chi connectivity index (χ2n) is 5.15. The molecule has 1 aromatic heterocycles. The largest absolute Gasteiger partial charge is 0.339 e. The Morgan fingerprint density at radius 3 is 2.40 bits per heavy atom. The SMILES string of the molecule is N#Cc1ccccc1NC(=O)c1ccc(Nc2ccccc2Br)nc1. The van der Waals surface area contributed by atoms with Crippen molar-refractivity contribution in [1.29, 1.82) is 5.26 Å². The molecule has 0 atom stereocenters. The summed E-state index contributed by atoms with van der Waals surface area (Å²) >= 11 is 3.46. The van der Waals surface area contributed by atoms with Gasteiger partial charge in [0.1, 0.15) is 11.9 Å². The summed E-state index contributed by atoms with van der Waals surface area (Å²) in [6, 6.07) is 20.0. The first kappa shape index (κ1) is 16.7. The van der Waals surface area contributed by atoms with Crippen LogP contribution in [0.3, 0.4) is 0 Å². The first-order valence-electron chi connectivity index (χ1n) is 7.45. The van der Waals surface area contributed by atoms with Gasteiger partial charge in [0, 0.05) is 10.7 Å². The Morgan fingerprint density at radius 2 is 1.72 bits per heavy atom. The second kappa shape index (κ2) is 7.60. The van der Waals surface area contributed by atoms with Gasteiger partial charge in [-0.2, -0.15) is 5.26 Å². The predicted octanol–water partition coefficient (Wildman–Crippen LogP) is 4.71. The predicted molar refractivity (Wildman–Crippen MR) is 101 cm³/mol. The molecular formula is C19H13BrN4O. The number of amides is 1. The Morgan fingerprint density at radius 1 is 1.00 bits per heavy atom. The maximum absolute atomic E-state index is 12.3. The van der Waals surface area contributed by atoms with Crippen LogP contribution in [0.1, 0.15) is 15.9 Å². The van der Waals surface area contributed by atoms with E-state index in [1.807, 2.05) is 30.3 Å². The number of aromatic nitrogens is 1. The number of para-hydroxylation sites is 2. The molecule has 1 amide bonds. The molecule has 0 aliphatic rings. The summed E-state index contributed by atoms with van der Waals surface area (Å²) in [6.07, 6.45) is 1.49. The minimum Gasteiger partial charge on any atom is -0.339 e. The number of hydrogen-bond acceptors (Lipinski definition) is 4. The van der Waals surface area contributed by atoms with Crippen LogP contribution in [0.25, 0.3) is 0 Å². The smallest absolute Gasteiger partial charge is 0.257 e. The third-order valence-corrected chi connectivity index (χ3v) is 4.15. The number of carbonyl (C=O) groups excluding carboxylic acids is 1. The minimum absolute atomic E-state index is 0.317. The van der Waals surface area contributed by atoms with Crippen LogP contribution in [0.5, 0.6) is 0 Å². The van der Waals surface area contributed by atoms with Gasteiger partial charge in [-0.05, 0) is 52.3 Å². The summed E-state index contributed by atoms with van der Waals surface area (Å²) in [5.41, 5.74) is 2.18. The molecule has 0 radical (unpaired) electrons. The van der Waals surface area contributed by atoms with Crippen LogP contribution in [0, 0.1) is 11.3 Å². The number of pyridine rings is 1. The van der Waals surface area contributed by atoms with Crippen LogP contribution in [-0.4, -0.2) is 10.9 Å². The molecule has 5 nitrogen and oxygen atoms in total. The van der Waals surface area contributed by atoms with E-state index in [1.165, 1.54) is 6.20 Å². The monoisotopic (exact) mass is 392 g/mol. The Kier molecular flexibility index (Phi) is 5.07. The third kappa shape index (κ3) is 4.03. The molecule has 0 aliphatic carbocycles. The summed E-state index contributed by atoms with van der Waals surface area (Å²) < 4.78 is 0.923. The lowest BCUT2D eigenvalue weighted by Gasteiger charge is -2.09. The normalized spacial score (nSPS) is 9.92. The highest BCUT2D eigenvalue weighted by atomic mass is 79.9. The van der Waals surface area contributed by atoms with Gasteiger partial charge in [-0.15, -0.1) is 0 Å². The van der Waals surface area contributed by atoms with Gasteiger partial charge in [0.15, 0.2) is 0 Å². The Hall–Kier alpha value is -3.17. The van der Waals surface area contributed by atoms with E-state index in [1.54, 1.807) is 36.4 Å². The van der Waals surface area contributed by atoms with E-state index in [0.29, 0.717) is 22.6 Å². The van der Waals surface area contributed by atoms with Gasteiger partial charge < -0.3 is 10.6 Å². The zero-order valence-corrected chi connectivity index (χ0v) is 14.6. The van der Waals surface area contributed by atoms with Gasteiger partial charge in [0.2, 0.25) is 0 Å². The van der Waals surface area contributed by atoms with Gasteiger partial charge >= 0.3 is 0 Å². The van der Waals surface area contributed by atoms with Crippen molar-refractivity contribution in [3.8, 4) is 6.07 Å². The highest BCUT2D eigenvalue weighted by Crippen LogP contribution is 2.24. The molecule has 0 fully saturated rings. The fourth-order valence-corrected chi connectivity index (χ4v) is 2.57. The van der Waals surface area contributed by atoms with E-state index in [4.69, 9.17) is 5.26 Å². The van der Waals surface area contributed by atoms with E-state index in [-0.39, 0.29) is 5.91 Å². The molecule has 122 valence electrons. The molecule has 0 bridgehead atoms. The van der Waals surface area contributed by atoms with Crippen molar-refractivity contribution in [2.75, 3.05) is 10.6 Å². The highest BCUT2D eigenvalue weighted by Gasteiger charge is 2.09. The van der Waals surface area contributed by atoms with Gasteiger partial charge in [0.05, 0.1) is 22.5 Å². The first-order chi connectivity index (χ1) is 12.2. The van der Waals surface area contributed by atoms with Crippen LogP contribution < -0.4 is 10.6 Å². The molecule has 3 rings (SSSR count). The topological polar surface area (TPSA) is 77.8 Å². The Balaban J connectivity index is 1.73. The lowest BCUT2D eigenvalue weighted by molar-refractivity contribution is 0.102. The molecule has 2 aromatic carbocycles. The van der Waals surface area contributed by atoms with E-state index in [9.17, 15) is 4.79 Å². The van der Waals surface area contributed by atoms with E-state index in [0.717, 1.165) is 10.2 Å². The Bertz CT molecular complexity index is 948. The van der Waals surface area contributed by atoms with Crippen molar-refractivity contribution in [3.05, 3.63) is 82.5 Å². The van der Waals surface area contributed by atoms with Gasteiger partial charge in [-0.1, -0.05) is 24.3 Å². The number of rotatable bonds is 4. The number of nitrogens with one attached hydrogen (secondary N) is 2. The summed E-state index contributed by atoms with van der Waals surface area (Å²) in [5.74, 6) is 0.309.